The maximum Gasteiger partial charge on any atom is 0.417 e. The zero-order valence-electron chi connectivity index (χ0n) is 19.5. The molecule has 2 aromatic heterocycles. The van der Waals surface area contributed by atoms with Crippen molar-refractivity contribution < 1.29 is 22.7 Å². The Hall–Kier alpha value is -3.68. The molecule has 3 aromatic rings. The summed E-state index contributed by atoms with van der Waals surface area (Å²) >= 11 is 0. The Bertz CT molecular complexity index is 1240. The van der Waals surface area contributed by atoms with Crippen LogP contribution in [0.25, 0.3) is 0 Å². The third-order valence-electron chi connectivity index (χ3n) is 6.98. The molecule has 5 rings (SSSR count). The van der Waals surface area contributed by atoms with Crippen LogP contribution in [0.2, 0.25) is 0 Å². The number of carbonyl (C=O) groups is 1. The molecule has 3 unspecified atom stereocenters. The summed E-state index contributed by atoms with van der Waals surface area (Å²) in [4.78, 5) is 20.2. The normalized spacial score (nSPS) is 22.1. The Morgan fingerprint density at radius 1 is 1.11 bits per heavy atom. The van der Waals surface area contributed by atoms with Crippen molar-refractivity contribution in [2.24, 2.45) is 11.8 Å². The van der Waals surface area contributed by atoms with Crippen LogP contribution in [-0.2, 0) is 12.6 Å². The summed E-state index contributed by atoms with van der Waals surface area (Å²) in [5.41, 5.74) is 2.35. The summed E-state index contributed by atoms with van der Waals surface area (Å²) in [6.45, 7) is 0. The van der Waals surface area contributed by atoms with Crippen LogP contribution >= 0.6 is 0 Å². The zero-order valence-corrected chi connectivity index (χ0v) is 19.5. The predicted octanol–water partition coefficient (Wildman–Crippen LogP) is 6.38. The number of carbonyl (C=O) groups excluding carboxylic acids is 1. The molecule has 2 fully saturated rings. The van der Waals surface area contributed by atoms with E-state index in [0.29, 0.717) is 23.1 Å². The molecule has 1 N–H and O–H groups in total. The number of alkyl halides is 3. The van der Waals surface area contributed by atoms with Crippen LogP contribution in [0.4, 0.5) is 13.2 Å². The Labute approximate surface area is 207 Å². The van der Waals surface area contributed by atoms with E-state index in [-0.39, 0.29) is 17.8 Å². The molecular weight excluding hydrogens is 467 g/mol. The highest BCUT2D eigenvalue weighted by molar-refractivity contribution is 5.94. The summed E-state index contributed by atoms with van der Waals surface area (Å²) in [7, 11) is 0. The van der Waals surface area contributed by atoms with Gasteiger partial charge in [0.25, 0.3) is 5.91 Å². The number of ether oxygens (including phenoxy) is 1. The lowest BCUT2D eigenvalue weighted by atomic mass is 9.89. The van der Waals surface area contributed by atoms with Crippen LogP contribution < -0.4 is 10.1 Å². The summed E-state index contributed by atoms with van der Waals surface area (Å²) in [6, 6.07) is 13.5. The number of fused-ring (bicyclic) bond motifs is 2. The first-order valence-electron chi connectivity index (χ1n) is 12.0. The van der Waals surface area contributed by atoms with Gasteiger partial charge in [-0.15, -0.1) is 0 Å². The summed E-state index contributed by atoms with van der Waals surface area (Å²) in [5, 5.41) is 3.18. The molecule has 2 aliphatic rings. The van der Waals surface area contributed by atoms with Crippen molar-refractivity contribution >= 4 is 5.91 Å². The fourth-order valence-electron chi connectivity index (χ4n) is 5.22. The first-order chi connectivity index (χ1) is 17.3. The average Bonchev–Trinajstić information content (AvgIpc) is 3.45. The number of aromatic nitrogens is 2. The largest absolute Gasteiger partial charge is 0.439 e. The first-order valence-corrected chi connectivity index (χ1v) is 12.0. The van der Waals surface area contributed by atoms with E-state index in [2.05, 4.69) is 21.4 Å². The summed E-state index contributed by atoms with van der Waals surface area (Å²) in [6.07, 6.45) is 6.77. The van der Waals surface area contributed by atoms with Crippen LogP contribution in [-0.4, -0.2) is 21.9 Å². The van der Waals surface area contributed by atoms with Crippen molar-refractivity contribution in [1.29, 1.82) is 0 Å². The number of amides is 1. The molecule has 2 saturated carbocycles. The number of hydrogen-bond acceptors (Lipinski definition) is 4. The molecule has 0 radical (unpaired) electrons. The topological polar surface area (TPSA) is 64.1 Å². The van der Waals surface area contributed by atoms with Crippen molar-refractivity contribution in [2.75, 3.05) is 0 Å². The number of halogens is 3. The van der Waals surface area contributed by atoms with Crippen LogP contribution in [0.1, 0.15) is 47.2 Å². The number of hydrogen-bond donors (Lipinski definition) is 1. The SMILES string of the molecule is O=C(NC1CC2CC1CC2=CCCc1cccc(Oc2ccc(C(F)(F)F)cn2)c1)c1cccnc1. The smallest absolute Gasteiger partial charge is 0.417 e. The molecule has 2 bridgehead atoms. The maximum atomic E-state index is 12.7. The van der Waals surface area contributed by atoms with E-state index in [4.69, 9.17) is 4.74 Å². The Balaban J connectivity index is 1.12. The zero-order chi connectivity index (χ0) is 25.1. The standard InChI is InChI=1S/C28H26F3N3O2/c29-28(30,31)23-9-10-26(33-17-23)36-24-8-2-5-18(12-24)4-1-6-19-13-22-14-21(19)15-25(22)34-27(35)20-7-3-11-32-16-20/h2-3,5-12,16-17,21-22,25H,1,4,13-15H2,(H,34,35). The van der Waals surface area contributed by atoms with Gasteiger partial charge in [0.15, 0.2) is 0 Å². The van der Waals surface area contributed by atoms with E-state index in [1.165, 1.54) is 11.6 Å². The number of rotatable bonds is 7. The van der Waals surface area contributed by atoms with E-state index in [1.54, 1.807) is 30.6 Å². The molecule has 1 aromatic carbocycles. The number of pyridine rings is 2. The lowest BCUT2D eigenvalue weighted by molar-refractivity contribution is -0.137. The fourth-order valence-corrected chi connectivity index (χ4v) is 5.22. The molecule has 2 heterocycles. The molecule has 0 aliphatic heterocycles. The molecule has 36 heavy (non-hydrogen) atoms. The molecule has 5 nitrogen and oxygen atoms in total. The fraction of sp³-hybridized carbons (Fsp3) is 0.321. The minimum Gasteiger partial charge on any atom is -0.439 e. The van der Waals surface area contributed by atoms with Gasteiger partial charge in [0.1, 0.15) is 5.75 Å². The molecule has 0 saturated heterocycles. The Morgan fingerprint density at radius 2 is 2.00 bits per heavy atom. The summed E-state index contributed by atoms with van der Waals surface area (Å²) in [5.74, 6) is 1.61. The van der Waals surface area contributed by atoms with Crippen molar-refractivity contribution in [1.82, 2.24) is 15.3 Å². The van der Waals surface area contributed by atoms with Gasteiger partial charge in [-0.25, -0.2) is 4.98 Å². The third-order valence-corrected chi connectivity index (χ3v) is 6.98. The minimum atomic E-state index is -4.42. The van der Waals surface area contributed by atoms with Gasteiger partial charge in [-0.2, -0.15) is 13.2 Å². The van der Waals surface area contributed by atoms with Crippen LogP contribution in [0.5, 0.6) is 11.6 Å². The van der Waals surface area contributed by atoms with Gasteiger partial charge in [-0.05, 0) is 79.8 Å². The summed E-state index contributed by atoms with van der Waals surface area (Å²) < 4.78 is 43.8. The number of nitrogens with zero attached hydrogens (tertiary/aromatic N) is 2. The van der Waals surface area contributed by atoms with E-state index >= 15 is 0 Å². The number of nitrogens with one attached hydrogen (secondary N) is 1. The van der Waals surface area contributed by atoms with Gasteiger partial charge in [0, 0.05) is 30.7 Å². The second-order valence-corrected chi connectivity index (χ2v) is 9.40. The van der Waals surface area contributed by atoms with Gasteiger partial charge >= 0.3 is 6.18 Å². The average molecular weight is 494 g/mol. The highest BCUT2D eigenvalue weighted by Gasteiger charge is 2.43. The first kappa shape index (κ1) is 24.0. The quantitative estimate of drug-likeness (QED) is 0.388. The van der Waals surface area contributed by atoms with Crippen molar-refractivity contribution in [2.45, 2.75) is 44.3 Å². The van der Waals surface area contributed by atoms with Crippen molar-refractivity contribution in [3.8, 4) is 11.6 Å². The monoisotopic (exact) mass is 493 g/mol. The molecule has 0 spiro atoms. The minimum absolute atomic E-state index is 0.0558. The molecule has 186 valence electrons. The van der Waals surface area contributed by atoms with Gasteiger partial charge in [-0.1, -0.05) is 23.8 Å². The van der Waals surface area contributed by atoms with Crippen molar-refractivity contribution in [3.05, 3.63) is 95.5 Å². The molecule has 2 aliphatic carbocycles. The highest BCUT2D eigenvalue weighted by Crippen LogP contribution is 2.48. The van der Waals surface area contributed by atoms with E-state index in [9.17, 15) is 18.0 Å². The number of benzene rings is 1. The highest BCUT2D eigenvalue weighted by atomic mass is 19.4. The second-order valence-electron chi connectivity index (χ2n) is 9.40. The van der Waals surface area contributed by atoms with Crippen LogP contribution in [0.3, 0.4) is 0 Å². The number of aryl methyl sites for hydroxylation is 1. The van der Waals surface area contributed by atoms with E-state index in [1.807, 2.05) is 18.2 Å². The molecule has 3 atom stereocenters. The lowest BCUT2D eigenvalue weighted by Gasteiger charge is -2.24. The van der Waals surface area contributed by atoms with Gasteiger partial charge < -0.3 is 10.1 Å². The van der Waals surface area contributed by atoms with E-state index in [0.717, 1.165) is 49.9 Å². The molecule has 1 amide bonds. The van der Waals surface area contributed by atoms with Gasteiger partial charge in [-0.3, -0.25) is 9.78 Å². The number of allylic oxidation sites excluding steroid dienone is 2. The molecule has 8 heteroatoms. The van der Waals surface area contributed by atoms with E-state index < -0.39 is 11.7 Å². The van der Waals surface area contributed by atoms with Gasteiger partial charge in [0.2, 0.25) is 5.88 Å². The Kier molecular flexibility index (Phi) is 6.76. The van der Waals surface area contributed by atoms with Gasteiger partial charge in [0.05, 0.1) is 11.1 Å². The Morgan fingerprint density at radius 3 is 2.69 bits per heavy atom. The van der Waals surface area contributed by atoms with Crippen LogP contribution in [0.15, 0.2) is 78.8 Å². The van der Waals surface area contributed by atoms with Crippen molar-refractivity contribution in [3.63, 3.8) is 0 Å². The maximum absolute atomic E-state index is 12.7. The van der Waals surface area contributed by atoms with Crippen LogP contribution in [0, 0.1) is 11.8 Å². The lowest BCUT2D eigenvalue weighted by Crippen LogP contribution is -2.38. The molecular formula is C28H26F3N3O2. The second kappa shape index (κ2) is 10.1. The predicted molar refractivity (Wildman–Crippen MR) is 128 cm³/mol. The third kappa shape index (κ3) is 5.58.